The van der Waals surface area contributed by atoms with Gasteiger partial charge in [-0.25, -0.2) is 9.18 Å². The van der Waals surface area contributed by atoms with Gasteiger partial charge in [0, 0.05) is 12.1 Å². The molecule has 1 aliphatic rings. The van der Waals surface area contributed by atoms with Crippen LogP contribution >= 0.6 is 0 Å². The van der Waals surface area contributed by atoms with E-state index in [2.05, 4.69) is 10.9 Å². The van der Waals surface area contributed by atoms with Crippen molar-refractivity contribution in [2.75, 3.05) is 5.73 Å². The molecule has 2 heterocycles. The Morgan fingerprint density at radius 3 is 2.89 bits per heavy atom. The third kappa shape index (κ3) is 2.00. The highest BCUT2D eigenvalue weighted by molar-refractivity contribution is 5.24. The first-order valence-electron chi connectivity index (χ1n) is 6.09. The number of halogens is 1. The molecule has 6 heteroatoms. The Kier molecular flexibility index (Phi) is 3.33. The number of alkyl halides is 1. The van der Waals surface area contributed by atoms with Crippen LogP contribution in [0.15, 0.2) is 17.1 Å². The van der Waals surface area contributed by atoms with Crippen LogP contribution in [0.5, 0.6) is 0 Å². The van der Waals surface area contributed by atoms with Gasteiger partial charge in [0.15, 0.2) is 12.4 Å². The number of aromatic nitrogens is 2. The van der Waals surface area contributed by atoms with Crippen LogP contribution in [0.4, 0.5) is 10.2 Å². The Bertz CT molecular complexity index is 580. The molecule has 0 amide bonds. The van der Waals surface area contributed by atoms with Crippen LogP contribution in [0, 0.1) is 18.3 Å². The van der Waals surface area contributed by atoms with Crippen LogP contribution in [-0.2, 0) is 4.74 Å². The lowest BCUT2D eigenvalue weighted by molar-refractivity contribution is -0.0586. The fourth-order valence-corrected chi connectivity index (χ4v) is 2.39. The molecule has 2 rings (SSSR count). The zero-order chi connectivity index (χ0) is 14.2. The third-order valence-electron chi connectivity index (χ3n) is 3.71. The van der Waals surface area contributed by atoms with E-state index in [1.54, 1.807) is 6.92 Å². The smallest absolute Gasteiger partial charge is 0.351 e. The number of nitrogen functional groups attached to an aromatic ring is 1. The summed E-state index contributed by atoms with van der Waals surface area (Å²) in [5.41, 5.74) is 3.76. The van der Waals surface area contributed by atoms with Crippen molar-refractivity contribution in [1.29, 1.82) is 0 Å². The first-order chi connectivity index (χ1) is 8.95. The summed E-state index contributed by atoms with van der Waals surface area (Å²) in [5, 5.41) is 0. The molecule has 4 atom stereocenters. The first-order valence-corrected chi connectivity index (χ1v) is 6.09. The third-order valence-corrected chi connectivity index (χ3v) is 3.71. The van der Waals surface area contributed by atoms with Crippen molar-refractivity contribution < 1.29 is 9.13 Å². The van der Waals surface area contributed by atoms with Crippen LogP contribution in [0.25, 0.3) is 0 Å². The summed E-state index contributed by atoms with van der Waals surface area (Å²) >= 11 is 0. The lowest BCUT2D eigenvalue weighted by atomic mass is 9.86. The van der Waals surface area contributed by atoms with Crippen molar-refractivity contribution in [2.24, 2.45) is 5.92 Å². The van der Waals surface area contributed by atoms with Gasteiger partial charge in [0.05, 0.1) is 0 Å². The molecular formula is C13H16FN3O2. The zero-order valence-electron chi connectivity index (χ0n) is 10.8. The Balaban J connectivity index is 2.43. The molecular weight excluding hydrogens is 249 g/mol. The second-order valence-electron chi connectivity index (χ2n) is 4.67. The van der Waals surface area contributed by atoms with Gasteiger partial charge < -0.3 is 10.5 Å². The standard InChI is InChI=1S/C13H16FN3O2/c1-4-13(5-2)8(3)10(14)11(19-13)17-7-6-9(15)16-12(17)18/h1,6-8,10-11H,5H2,2-3H3,(H2,15,16,18)/t8-,10-,11+,13+/m0/s1. The van der Waals surface area contributed by atoms with Crippen molar-refractivity contribution >= 4 is 5.82 Å². The number of terminal acetylenes is 1. The highest BCUT2D eigenvalue weighted by Gasteiger charge is 2.52. The van der Waals surface area contributed by atoms with Crippen LogP contribution < -0.4 is 11.4 Å². The molecule has 5 nitrogen and oxygen atoms in total. The topological polar surface area (TPSA) is 70.1 Å². The highest BCUT2D eigenvalue weighted by atomic mass is 19.1. The minimum Gasteiger partial charge on any atom is -0.383 e. The Morgan fingerprint density at radius 1 is 1.74 bits per heavy atom. The highest BCUT2D eigenvalue weighted by Crippen LogP contribution is 2.44. The van der Waals surface area contributed by atoms with Gasteiger partial charge in [0.2, 0.25) is 0 Å². The summed E-state index contributed by atoms with van der Waals surface area (Å²) in [7, 11) is 0. The van der Waals surface area contributed by atoms with E-state index in [1.807, 2.05) is 6.92 Å². The average molecular weight is 265 g/mol. The number of ether oxygens (including phenoxy) is 1. The lowest BCUT2D eigenvalue weighted by Gasteiger charge is -2.25. The molecule has 102 valence electrons. The van der Waals surface area contributed by atoms with Gasteiger partial charge in [-0.1, -0.05) is 19.8 Å². The molecule has 0 spiro atoms. The number of anilines is 1. The summed E-state index contributed by atoms with van der Waals surface area (Å²) in [6, 6.07) is 1.42. The summed E-state index contributed by atoms with van der Waals surface area (Å²) in [5.74, 6) is 2.10. The number of hydrogen-bond acceptors (Lipinski definition) is 4. The Hall–Kier alpha value is -1.87. The largest absolute Gasteiger partial charge is 0.383 e. The molecule has 1 saturated heterocycles. The van der Waals surface area contributed by atoms with Crippen LogP contribution in [0.2, 0.25) is 0 Å². The fourth-order valence-electron chi connectivity index (χ4n) is 2.39. The van der Waals surface area contributed by atoms with Gasteiger partial charge >= 0.3 is 5.69 Å². The van der Waals surface area contributed by atoms with E-state index in [0.717, 1.165) is 4.57 Å². The molecule has 1 fully saturated rings. The quantitative estimate of drug-likeness (QED) is 0.813. The van der Waals surface area contributed by atoms with E-state index in [4.69, 9.17) is 16.9 Å². The number of nitrogens with zero attached hydrogens (tertiary/aromatic N) is 2. The molecule has 19 heavy (non-hydrogen) atoms. The fraction of sp³-hybridized carbons (Fsp3) is 0.538. The molecule has 0 unspecified atom stereocenters. The second kappa shape index (κ2) is 4.67. The molecule has 0 saturated carbocycles. The van der Waals surface area contributed by atoms with Gasteiger partial charge in [-0.3, -0.25) is 4.57 Å². The molecule has 2 N–H and O–H groups in total. The Morgan fingerprint density at radius 2 is 2.42 bits per heavy atom. The normalized spacial score (nSPS) is 34.1. The van der Waals surface area contributed by atoms with Crippen LogP contribution in [0.3, 0.4) is 0 Å². The SMILES string of the molecule is C#C[C@]1(CC)O[C@@H](n2ccc(N)nc2=O)[C@@H](F)[C@@H]1C. The zero-order valence-corrected chi connectivity index (χ0v) is 10.8. The maximum absolute atomic E-state index is 14.4. The minimum atomic E-state index is -1.38. The van der Waals surface area contributed by atoms with Gasteiger partial charge in [-0.2, -0.15) is 4.98 Å². The molecule has 1 aliphatic heterocycles. The molecule has 0 radical (unpaired) electrons. The average Bonchev–Trinajstić information content (AvgIpc) is 2.64. The Labute approximate surface area is 110 Å². The number of rotatable bonds is 2. The lowest BCUT2D eigenvalue weighted by Crippen LogP contribution is -2.33. The maximum Gasteiger partial charge on any atom is 0.351 e. The molecule has 1 aromatic heterocycles. The predicted molar refractivity (Wildman–Crippen MR) is 68.9 cm³/mol. The number of hydrogen-bond donors (Lipinski definition) is 1. The number of nitrogens with two attached hydrogens (primary N) is 1. The molecule has 0 aliphatic carbocycles. The first kappa shape index (κ1) is 13.6. The molecule has 0 aromatic carbocycles. The second-order valence-corrected chi connectivity index (χ2v) is 4.67. The summed E-state index contributed by atoms with van der Waals surface area (Å²) < 4.78 is 21.1. The minimum absolute atomic E-state index is 0.0846. The molecule has 1 aromatic rings. The maximum atomic E-state index is 14.4. The summed E-state index contributed by atoms with van der Waals surface area (Å²) in [6.07, 6.45) is 4.87. The van der Waals surface area contributed by atoms with E-state index in [1.165, 1.54) is 12.3 Å². The van der Waals surface area contributed by atoms with E-state index in [-0.39, 0.29) is 5.82 Å². The summed E-state index contributed by atoms with van der Waals surface area (Å²) in [4.78, 5) is 15.3. The van der Waals surface area contributed by atoms with E-state index >= 15 is 0 Å². The predicted octanol–water partition coefficient (Wildman–Crippen LogP) is 1.11. The van der Waals surface area contributed by atoms with E-state index in [0.29, 0.717) is 6.42 Å². The van der Waals surface area contributed by atoms with E-state index in [9.17, 15) is 9.18 Å². The van der Waals surface area contributed by atoms with E-state index < -0.39 is 29.6 Å². The van der Waals surface area contributed by atoms with Crippen molar-refractivity contribution in [3.8, 4) is 12.3 Å². The van der Waals surface area contributed by atoms with Crippen molar-refractivity contribution in [2.45, 2.75) is 38.3 Å². The van der Waals surface area contributed by atoms with Gasteiger partial charge in [0.1, 0.15) is 11.4 Å². The van der Waals surface area contributed by atoms with Gasteiger partial charge in [0.25, 0.3) is 0 Å². The van der Waals surface area contributed by atoms with Crippen molar-refractivity contribution in [3.63, 3.8) is 0 Å². The van der Waals surface area contributed by atoms with Crippen molar-refractivity contribution in [1.82, 2.24) is 9.55 Å². The van der Waals surface area contributed by atoms with Gasteiger partial charge in [-0.05, 0) is 12.5 Å². The monoisotopic (exact) mass is 265 g/mol. The molecule has 0 bridgehead atoms. The van der Waals surface area contributed by atoms with Crippen LogP contribution in [-0.4, -0.2) is 21.3 Å². The van der Waals surface area contributed by atoms with Crippen LogP contribution in [0.1, 0.15) is 26.5 Å². The summed E-state index contributed by atoms with van der Waals surface area (Å²) in [6.45, 7) is 3.51. The van der Waals surface area contributed by atoms with Crippen molar-refractivity contribution in [3.05, 3.63) is 22.7 Å². The van der Waals surface area contributed by atoms with Gasteiger partial charge in [-0.15, -0.1) is 6.42 Å².